The van der Waals surface area contributed by atoms with Gasteiger partial charge in [0.25, 0.3) is 17.6 Å². The van der Waals surface area contributed by atoms with Gasteiger partial charge in [-0.05, 0) is 66.9 Å². The van der Waals surface area contributed by atoms with Gasteiger partial charge < -0.3 is 112 Å². The second kappa shape index (κ2) is 19.5. The predicted octanol–water partition coefficient (Wildman–Crippen LogP) is -2.53. The van der Waals surface area contributed by atoms with E-state index in [0.717, 1.165) is 18.7 Å². The number of rotatable bonds is 10. The minimum absolute atomic E-state index is 0.142. The summed E-state index contributed by atoms with van der Waals surface area (Å²) >= 11 is 0. The van der Waals surface area contributed by atoms with Gasteiger partial charge in [-0.2, -0.15) is 0 Å². The zero-order chi connectivity index (χ0) is 55.7. The molecule has 3 unspecified atom stereocenters. The molecule has 4 aromatic carbocycles. The Morgan fingerprint density at radius 1 is 0.635 bits per heavy atom. The fourth-order valence-electron chi connectivity index (χ4n) is 10.2. The lowest BCUT2D eigenvalue weighted by atomic mass is 9.71. The molecule has 0 radical (unpaired) electrons. The van der Waals surface area contributed by atoms with Gasteiger partial charge in [0.15, 0.2) is 45.9 Å². The number of benzene rings is 4. The first-order chi connectivity index (χ1) is 34.2. The number of piperidine rings is 2. The van der Waals surface area contributed by atoms with E-state index in [9.17, 15) is 112 Å². The second-order valence-corrected chi connectivity index (χ2v) is 18.6. The van der Waals surface area contributed by atoms with Crippen LogP contribution in [0.4, 0.5) is 0 Å². The number of Topliss-reactive ketones (excluding diaryl/α,β-unsaturated/α-hetero) is 2. The fourth-order valence-corrected chi connectivity index (χ4v) is 10.2. The first-order valence-corrected chi connectivity index (χ1v) is 22.7. The number of hydrogen-bond acceptors (Lipinski definition) is 26. The fraction of sp³-hybridized carbons (Fsp3) is 0.458. The van der Waals surface area contributed by atoms with Crippen LogP contribution in [0, 0.1) is 5.92 Å². The van der Waals surface area contributed by atoms with Crippen molar-refractivity contribution in [1.82, 2.24) is 9.80 Å². The molecule has 0 amide bonds. The summed E-state index contributed by atoms with van der Waals surface area (Å²) in [6.07, 6.45) is -3.75. The largest absolute Gasteiger partial charge is 0.504 e. The molecule has 0 bridgehead atoms. The van der Waals surface area contributed by atoms with E-state index in [2.05, 4.69) is 17.0 Å². The lowest BCUT2D eigenvalue weighted by Crippen LogP contribution is -2.86. The summed E-state index contributed by atoms with van der Waals surface area (Å²) in [5.41, 5.74) is -9.63. The summed E-state index contributed by atoms with van der Waals surface area (Å²) in [5, 5.41) is 210. The zero-order valence-electron chi connectivity index (χ0n) is 40.1. The molecule has 2 aliphatic heterocycles. The molecule has 406 valence electrons. The molecule has 2 heterocycles. The standard InChI is InChI=1S/C24H29NO6.C22H25NO18.C2H6/c1-30-20-12-17-14-23(27,22(26)19(17)13-21(20)31-2)24(28,29)18-8-10-25(11-9-18)15-16-6-4-3-5-7-16;24-8-1-6-3-17(32,16(31)7(6)2-9(8)25)4-18(33)5-19(34,35)23(22(40,41)21(18,38)39)20(36,37)10-11(26)13(28)15(30)14(29)12(10)27;1-2/h3-7,12-13,18,27-29H,8-11,14-15H2,1-2H3;1-2,24-30,32-41H,3-5H2;1-2H3. The van der Waals surface area contributed by atoms with Crippen LogP contribution >= 0.6 is 0 Å². The number of aromatic hydroxyl groups is 7. The normalized spacial score (nSPS) is 24.5. The molecule has 0 spiro atoms. The van der Waals surface area contributed by atoms with E-state index in [4.69, 9.17) is 9.47 Å². The van der Waals surface area contributed by atoms with Crippen molar-refractivity contribution in [2.75, 3.05) is 27.3 Å². The third kappa shape index (κ3) is 9.05. The maximum atomic E-state index is 13.1. The van der Waals surface area contributed by atoms with Crippen LogP contribution in [-0.4, -0.2) is 191 Å². The predicted molar refractivity (Wildman–Crippen MR) is 247 cm³/mol. The second-order valence-electron chi connectivity index (χ2n) is 18.6. The van der Waals surface area contributed by atoms with Crippen molar-refractivity contribution in [2.24, 2.45) is 5.92 Å². The summed E-state index contributed by atoms with van der Waals surface area (Å²) in [6, 6.07) is 14.8. The van der Waals surface area contributed by atoms with Gasteiger partial charge >= 0.3 is 0 Å². The molecule has 74 heavy (non-hydrogen) atoms. The van der Waals surface area contributed by atoms with E-state index in [-0.39, 0.29) is 17.5 Å². The van der Waals surface area contributed by atoms with Crippen LogP contribution in [0.3, 0.4) is 0 Å². The monoisotopic (exact) mass is 1050 g/mol. The van der Waals surface area contributed by atoms with E-state index in [1.807, 2.05) is 32.0 Å². The number of likely N-dealkylation sites (tertiary alicyclic amines) is 2. The van der Waals surface area contributed by atoms with Crippen LogP contribution in [0.1, 0.15) is 82.5 Å². The van der Waals surface area contributed by atoms with Crippen molar-refractivity contribution in [2.45, 2.75) is 105 Å². The SMILES string of the molecule is CC.COc1cc2c(cc1OC)C(=O)C(O)(C(O)(O)C1CCN(Cc3ccccc3)CC1)C2.O=C1c2cc(O)c(O)cc2CC1(O)CC1(O)CC(O)(O)N(C(O)(O)c2c(O)c(O)c(O)c(O)c2O)C(O)(O)C1(O)O. The van der Waals surface area contributed by atoms with Gasteiger partial charge in [0, 0.05) is 42.9 Å². The molecule has 0 aromatic heterocycles. The Kier molecular flexibility index (Phi) is 15.1. The van der Waals surface area contributed by atoms with Crippen LogP contribution in [0.15, 0.2) is 54.6 Å². The molecular formula is C48H60N2O24. The number of aliphatic hydroxyl groups is 13. The van der Waals surface area contributed by atoms with Gasteiger partial charge in [0.05, 0.1) is 20.6 Å². The molecule has 20 N–H and O–H groups in total. The number of phenols is 7. The van der Waals surface area contributed by atoms with Crippen molar-refractivity contribution in [1.29, 1.82) is 0 Å². The maximum absolute atomic E-state index is 13.1. The van der Waals surface area contributed by atoms with E-state index in [1.54, 1.807) is 6.07 Å². The number of nitrogens with zero attached hydrogens (tertiary/aromatic N) is 2. The van der Waals surface area contributed by atoms with Crippen molar-refractivity contribution in [3.63, 3.8) is 0 Å². The molecule has 2 aliphatic carbocycles. The number of ether oxygens (including phenoxy) is 2. The molecule has 2 saturated heterocycles. The summed E-state index contributed by atoms with van der Waals surface area (Å²) < 4.78 is 10.5. The number of phenolic OH excluding ortho intramolecular Hbond substituents is 7. The van der Waals surface area contributed by atoms with Crippen LogP contribution < -0.4 is 9.47 Å². The number of carbonyl (C=O) groups excluding carboxylic acids is 2. The summed E-state index contributed by atoms with van der Waals surface area (Å²) in [4.78, 5) is 27.0. The molecule has 3 atom stereocenters. The smallest absolute Gasteiger partial charge is 0.293 e. The summed E-state index contributed by atoms with van der Waals surface area (Å²) in [7, 11) is 2.94. The van der Waals surface area contributed by atoms with Crippen molar-refractivity contribution in [3.8, 4) is 51.7 Å². The Hall–Kier alpha value is -6.18. The topological polar surface area (TPSA) is 464 Å². The quantitative estimate of drug-likeness (QED) is 0.0442. The Bertz CT molecular complexity index is 2760. The first-order valence-electron chi connectivity index (χ1n) is 22.7. The van der Waals surface area contributed by atoms with Gasteiger partial charge in [-0.15, -0.1) is 4.90 Å². The average Bonchev–Trinajstić information content (AvgIpc) is 3.72. The van der Waals surface area contributed by atoms with Crippen molar-refractivity contribution < 1.29 is 121 Å². The third-order valence-electron chi connectivity index (χ3n) is 14.0. The number of fused-ring (bicyclic) bond motifs is 2. The van der Waals surface area contributed by atoms with Crippen LogP contribution in [0.2, 0.25) is 0 Å². The highest BCUT2D eigenvalue weighted by atomic mass is 16.7. The molecule has 4 aromatic rings. The van der Waals surface area contributed by atoms with E-state index >= 15 is 0 Å². The lowest BCUT2D eigenvalue weighted by molar-refractivity contribution is -0.574. The highest BCUT2D eigenvalue weighted by Gasteiger charge is 2.78. The third-order valence-corrected chi connectivity index (χ3v) is 14.0. The van der Waals surface area contributed by atoms with Crippen molar-refractivity contribution in [3.05, 3.63) is 88.0 Å². The average molecular weight is 1050 g/mol. The molecule has 4 aliphatic rings. The molecule has 8 rings (SSSR count). The number of hydrogen-bond donors (Lipinski definition) is 20. The van der Waals surface area contributed by atoms with Crippen molar-refractivity contribution >= 4 is 11.6 Å². The summed E-state index contributed by atoms with van der Waals surface area (Å²) in [5.74, 6) is -33.5. The molecule has 0 saturated carbocycles. The molecule has 2 fully saturated rings. The van der Waals surface area contributed by atoms with Gasteiger partial charge in [-0.3, -0.25) is 14.5 Å². The lowest BCUT2D eigenvalue weighted by Gasteiger charge is -2.61. The molecule has 26 nitrogen and oxygen atoms in total. The Labute approximate surface area is 419 Å². The first kappa shape index (κ1) is 57.1. The molecular weight excluding hydrogens is 989 g/mol. The Morgan fingerprint density at radius 3 is 1.66 bits per heavy atom. The highest BCUT2D eigenvalue weighted by Crippen LogP contribution is 2.59. The maximum Gasteiger partial charge on any atom is 0.293 e. The van der Waals surface area contributed by atoms with Crippen LogP contribution in [0.25, 0.3) is 0 Å². The number of carbonyl (C=O) groups is 2. The van der Waals surface area contributed by atoms with Gasteiger partial charge in [0.1, 0.15) is 16.8 Å². The Morgan fingerprint density at radius 2 is 1.12 bits per heavy atom. The van der Waals surface area contributed by atoms with Crippen LogP contribution in [0.5, 0.6) is 51.7 Å². The van der Waals surface area contributed by atoms with E-state index in [1.165, 1.54) is 25.8 Å². The van der Waals surface area contributed by atoms with Gasteiger partial charge in [-0.25, -0.2) is 0 Å². The van der Waals surface area contributed by atoms with Gasteiger partial charge in [0.2, 0.25) is 34.7 Å². The number of methoxy groups -OCH3 is 2. The van der Waals surface area contributed by atoms with E-state index in [0.29, 0.717) is 43.0 Å². The molecule has 26 heteroatoms. The summed E-state index contributed by atoms with van der Waals surface area (Å²) in [6.45, 7) is 6.09. The van der Waals surface area contributed by atoms with Gasteiger partial charge in [-0.1, -0.05) is 44.2 Å². The Balaban J connectivity index is 0.000000241. The van der Waals surface area contributed by atoms with Crippen LogP contribution in [-0.2, 0) is 25.3 Å². The minimum atomic E-state index is -4.92. The minimum Gasteiger partial charge on any atom is -0.504 e. The number of ketones is 2. The zero-order valence-corrected chi connectivity index (χ0v) is 40.1. The highest BCUT2D eigenvalue weighted by molar-refractivity contribution is 6.08. The van der Waals surface area contributed by atoms with E-state index < -0.39 is 139 Å².